The van der Waals surface area contributed by atoms with E-state index in [9.17, 15) is 0 Å². The zero-order chi connectivity index (χ0) is 9.10. The van der Waals surface area contributed by atoms with Gasteiger partial charge in [0.2, 0.25) is 0 Å². The second kappa shape index (κ2) is 3.58. The van der Waals surface area contributed by atoms with Crippen LogP contribution in [-0.2, 0) is 13.1 Å². The second-order valence-corrected chi connectivity index (χ2v) is 3.07. The first-order valence-corrected chi connectivity index (χ1v) is 4.56. The van der Waals surface area contributed by atoms with Crippen molar-refractivity contribution in [1.29, 1.82) is 0 Å². The van der Waals surface area contributed by atoms with Gasteiger partial charge in [-0.05, 0) is 11.5 Å². The number of nitrogens with zero attached hydrogens (tertiary/aromatic N) is 5. The van der Waals surface area contributed by atoms with Crippen LogP contribution in [-0.4, -0.2) is 24.4 Å². The molecule has 0 spiro atoms. The first-order valence-electron chi connectivity index (χ1n) is 3.73. The van der Waals surface area contributed by atoms with Gasteiger partial charge in [-0.1, -0.05) is 4.49 Å². The molecule has 0 unspecified atom stereocenters. The Morgan fingerprint density at radius 3 is 3.08 bits per heavy atom. The third-order valence-corrected chi connectivity index (χ3v) is 2.05. The fourth-order valence-corrected chi connectivity index (χ4v) is 1.36. The van der Waals surface area contributed by atoms with Crippen molar-refractivity contribution < 1.29 is 0 Å². The number of aromatic nitrogens is 5. The van der Waals surface area contributed by atoms with Crippen molar-refractivity contribution in [2.75, 3.05) is 0 Å². The molecule has 68 valence electrons. The zero-order valence-corrected chi connectivity index (χ0v) is 7.61. The molecule has 13 heavy (non-hydrogen) atoms. The van der Waals surface area contributed by atoms with Crippen molar-refractivity contribution in [2.45, 2.75) is 13.1 Å². The highest BCUT2D eigenvalue weighted by Gasteiger charge is 2.01. The van der Waals surface area contributed by atoms with Crippen molar-refractivity contribution in [3.05, 3.63) is 23.2 Å². The lowest BCUT2D eigenvalue weighted by molar-refractivity contribution is 0.657. The highest BCUT2D eigenvalue weighted by molar-refractivity contribution is 7.03. The van der Waals surface area contributed by atoms with Gasteiger partial charge in [0.05, 0.1) is 18.8 Å². The molecular weight excluding hydrogens is 188 g/mol. The predicted molar refractivity (Wildman–Crippen MR) is 46.9 cm³/mol. The van der Waals surface area contributed by atoms with Crippen LogP contribution in [0, 0.1) is 0 Å². The summed E-state index contributed by atoms with van der Waals surface area (Å²) >= 11 is 1.32. The number of hydrogen-bond acceptors (Lipinski definition) is 6. The monoisotopic (exact) mass is 196 g/mol. The van der Waals surface area contributed by atoms with Crippen molar-refractivity contribution in [3.8, 4) is 0 Å². The molecule has 0 aliphatic carbocycles. The molecule has 7 heteroatoms. The van der Waals surface area contributed by atoms with E-state index >= 15 is 0 Å². The average Bonchev–Trinajstić information content (AvgIpc) is 2.76. The van der Waals surface area contributed by atoms with E-state index in [4.69, 9.17) is 5.73 Å². The standard InChI is InChI=1S/C6H8N6S/c7-1-6-8-4-12(10-6)2-5-3-13-11-9-5/h3-4H,1-2,7H2. The molecule has 0 saturated carbocycles. The Kier molecular flexibility index (Phi) is 2.28. The molecule has 0 bridgehead atoms. The van der Waals surface area contributed by atoms with Crippen molar-refractivity contribution in [3.63, 3.8) is 0 Å². The summed E-state index contributed by atoms with van der Waals surface area (Å²) in [6.45, 7) is 0.964. The van der Waals surface area contributed by atoms with E-state index < -0.39 is 0 Å². The van der Waals surface area contributed by atoms with Gasteiger partial charge in [0.25, 0.3) is 0 Å². The van der Waals surface area contributed by atoms with E-state index in [1.54, 1.807) is 11.0 Å². The molecule has 2 heterocycles. The number of hydrogen-bond donors (Lipinski definition) is 1. The Bertz CT molecular complexity index is 366. The largest absolute Gasteiger partial charge is 0.324 e. The molecule has 0 radical (unpaired) electrons. The molecular formula is C6H8N6S. The summed E-state index contributed by atoms with van der Waals surface area (Å²) in [6, 6.07) is 0. The Hall–Kier alpha value is -1.34. The van der Waals surface area contributed by atoms with Crippen molar-refractivity contribution in [1.82, 2.24) is 24.4 Å². The lowest BCUT2D eigenvalue weighted by atomic mass is 10.5. The highest BCUT2D eigenvalue weighted by Crippen LogP contribution is 1.99. The van der Waals surface area contributed by atoms with Crippen LogP contribution in [0.1, 0.15) is 11.5 Å². The van der Waals surface area contributed by atoms with Gasteiger partial charge < -0.3 is 5.73 Å². The summed E-state index contributed by atoms with van der Waals surface area (Å²) in [4.78, 5) is 4.00. The van der Waals surface area contributed by atoms with Gasteiger partial charge in [-0.3, -0.25) is 0 Å². The Balaban J connectivity index is 2.10. The summed E-state index contributed by atoms with van der Waals surface area (Å²) in [5.74, 6) is 0.642. The minimum absolute atomic E-state index is 0.363. The minimum Gasteiger partial charge on any atom is -0.324 e. The maximum Gasteiger partial charge on any atom is 0.164 e. The number of nitrogens with two attached hydrogens (primary N) is 1. The smallest absolute Gasteiger partial charge is 0.164 e. The molecule has 2 rings (SSSR count). The fourth-order valence-electron chi connectivity index (χ4n) is 0.922. The molecule has 0 saturated heterocycles. The van der Waals surface area contributed by atoms with Crippen molar-refractivity contribution in [2.24, 2.45) is 5.73 Å². The molecule has 0 aliphatic heterocycles. The lowest BCUT2D eigenvalue weighted by Gasteiger charge is -1.93. The van der Waals surface area contributed by atoms with Gasteiger partial charge >= 0.3 is 0 Å². The van der Waals surface area contributed by atoms with Crippen LogP contribution in [0.25, 0.3) is 0 Å². The SMILES string of the molecule is NCc1ncn(Cc2csnn2)n1. The van der Waals surface area contributed by atoms with Crippen LogP contribution in [0.3, 0.4) is 0 Å². The van der Waals surface area contributed by atoms with E-state index in [0.29, 0.717) is 18.9 Å². The zero-order valence-electron chi connectivity index (χ0n) is 6.79. The number of rotatable bonds is 3. The maximum atomic E-state index is 5.37. The third kappa shape index (κ3) is 1.87. The molecule has 2 aromatic rings. The van der Waals surface area contributed by atoms with E-state index in [0.717, 1.165) is 5.69 Å². The van der Waals surface area contributed by atoms with Crippen LogP contribution in [0.5, 0.6) is 0 Å². The quantitative estimate of drug-likeness (QED) is 0.724. The highest BCUT2D eigenvalue weighted by atomic mass is 32.1. The van der Waals surface area contributed by atoms with E-state index in [2.05, 4.69) is 19.7 Å². The molecule has 2 N–H and O–H groups in total. The Morgan fingerprint density at radius 1 is 1.54 bits per heavy atom. The third-order valence-electron chi connectivity index (χ3n) is 1.50. The van der Waals surface area contributed by atoms with Gasteiger partial charge in [0.1, 0.15) is 6.33 Å². The van der Waals surface area contributed by atoms with Gasteiger partial charge in [0, 0.05) is 5.38 Å². The average molecular weight is 196 g/mol. The molecule has 0 fully saturated rings. The molecule has 6 nitrogen and oxygen atoms in total. The Morgan fingerprint density at radius 2 is 2.46 bits per heavy atom. The van der Waals surface area contributed by atoms with Gasteiger partial charge in [-0.25, -0.2) is 9.67 Å². The van der Waals surface area contributed by atoms with Gasteiger partial charge in [0.15, 0.2) is 5.82 Å². The second-order valence-electron chi connectivity index (χ2n) is 2.46. The summed E-state index contributed by atoms with van der Waals surface area (Å²) in [5, 5.41) is 9.90. The molecule has 2 aromatic heterocycles. The van der Waals surface area contributed by atoms with E-state index in [-0.39, 0.29) is 0 Å². The van der Waals surface area contributed by atoms with Gasteiger partial charge in [-0.2, -0.15) is 5.10 Å². The van der Waals surface area contributed by atoms with Gasteiger partial charge in [-0.15, -0.1) is 5.10 Å². The molecule has 0 aliphatic rings. The first kappa shape index (κ1) is 8.27. The maximum absolute atomic E-state index is 5.37. The van der Waals surface area contributed by atoms with E-state index in [1.807, 2.05) is 5.38 Å². The van der Waals surface area contributed by atoms with Crippen LogP contribution in [0.2, 0.25) is 0 Å². The summed E-state index contributed by atoms with van der Waals surface area (Å²) < 4.78 is 5.44. The summed E-state index contributed by atoms with van der Waals surface area (Å²) in [5.41, 5.74) is 6.26. The summed E-state index contributed by atoms with van der Waals surface area (Å²) in [7, 11) is 0. The van der Waals surface area contributed by atoms with Crippen molar-refractivity contribution >= 4 is 11.5 Å². The van der Waals surface area contributed by atoms with Crippen LogP contribution in [0.4, 0.5) is 0 Å². The fraction of sp³-hybridized carbons (Fsp3) is 0.333. The molecule has 0 atom stereocenters. The van der Waals surface area contributed by atoms with E-state index in [1.165, 1.54) is 11.5 Å². The first-order chi connectivity index (χ1) is 6.38. The topological polar surface area (TPSA) is 82.5 Å². The van der Waals surface area contributed by atoms with Crippen LogP contribution in [0.15, 0.2) is 11.7 Å². The lowest BCUT2D eigenvalue weighted by Crippen LogP contribution is -2.03. The van der Waals surface area contributed by atoms with Crippen LogP contribution >= 0.6 is 11.5 Å². The Labute approximate surface area is 78.6 Å². The summed E-state index contributed by atoms with van der Waals surface area (Å²) in [6.07, 6.45) is 1.64. The van der Waals surface area contributed by atoms with Crippen LogP contribution < -0.4 is 5.73 Å². The normalized spacial score (nSPS) is 10.5. The predicted octanol–water partition coefficient (Wildman–Crippen LogP) is -0.363. The minimum atomic E-state index is 0.363. The molecule has 0 amide bonds. The molecule has 0 aromatic carbocycles.